The molecule has 0 aliphatic rings. The molecule has 33 heavy (non-hydrogen) atoms. The predicted octanol–water partition coefficient (Wildman–Crippen LogP) is 4.82. The Bertz CT molecular complexity index is 1090. The van der Waals surface area contributed by atoms with Crippen molar-refractivity contribution in [3.8, 4) is 11.5 Å². The first-order valence-corrected chi connectivity index (χ1v) is 10.7. The smallest absolute Gasteiger partial charge is 0.306 e. The minimum absolute atomic E-state index is 0.0713. The lowest BCUT2D eigenvalue weighted by Gasteiger charge is -2.12. The van der Waals surface area contributed by atoms with Gasteiger partial charge in [0, 0.05) is 23.6 Å². The summed E-state index contributed by atoms with van der Waals surface area (Å²) in [6.07, 6.45) is 0.454. The third-order valence-electron chi connectivity index (χ3n) is 4.45. The van der Waals surface area contributed by atoms with Gasteiger partial charge in [0.05, 0.1) is 5.69 Å². The number of rotatable bonds is 10. The van der Waals surface area contributed by atoms with Gasteiger partial charge in [0.1, 0.15) is 5.75 Å². The van der Waals surface area contributed by atoms with Crippen molar-refractivity contribution in [2.75, 3.05) is 18.5 Å². The SMILES string of the molecule is O=C(COC(=O)CCCNC(=O)c1ccc(Cl)cc1)Nc1ccccc1Oc1ccccc1. The maximum atomic E-state index is 12.2. The van der Waals surface area contributed by atoms with Gasteiger partial charge in [-0.15, -0.1) is 0 Å². The minimum atomic E-state index is -0.528. The molecule has 0 saturated carbocycles. The van der Waals surface area contributed by atoms with Gasteiger partial charge in [-0.1, -0.05) is 41.9 Å². The first-order chi connectivity index (χ1) is 16.0. The molecule has 0 aliphatic carbocycles. The Morgan fingerprint density at radius 3 is 2.30 bits per heavy atom. The molecule has 0 aromatic heterocycles. The molecule has 2 N–H and O–H groups in total. The first-order valence-electron chi connectivity index (χ1n) is 10.3. The van der Waals surface area contributed by atoms with Crippen molar-refractivity contribution in [2.24, 2.45) is 0 Å². The van der Waals surface area contributed by atoms with Crippen molar-refractivity contribution >= 4 is 35.1 Å². The van der Waals surface area contributed by atoms with E-state index in [1.807, 2.05) is 18.2 Å². The molecule has 0 atom stereocenters. The molecule has 0 aliphatic heterocycles. The molecule has 2 amide bonds. The summed E-state index contributed by atoms with van der Waals surface area (Å²) in [6, 6.07) is 22.7. The summed E-state index contributed by atoms with van der Waals surface area (Å²) in [6.45, 7) is -0.122. The number of halogens is 1. The average molecular weight is 467 g/mol. The highest BCUT2D eigenvalue weighted by Crippen LogP contribution is 2.29. The topological polar surface area (TPSA) is 93.7 Å². The minimum Gasteiger partial charge on any atom is -0.456 e. The van der Waals surface area contributed by atoms with Gasteiger partial charge in [-0.2, -0.15) is 0 Å². The highest BCUT2D eigenvalue weighted by atomic mass is 35.5. The molecule has 170 valence electrons. The van der Waals surface area contributed by atoms with Crippen molar-refractivity contribution in [3.63, 3.8) is 0 Å². The third kappa shape index (κ3) is 7.97. The van der Waals surface area contributed by atoms with Gasteiger partial charge in [0.2, 0.25) is 0 Å². The van der Waals surface area contributed by atoms with Crippen LogP contribution in [0, 0.1) is 0 Å². The molecule has 3 aromatic rings. The Kier molecular flexibility index (Phi) is 8.85. The molecule has 0 bridgehead atoms. The number of anilines is 1. The molecule has 7 nitrogen and oxygen atoms in total. The number of carbonyl (C=O) groups is 3. The lowest BCUT2D eigenvalue weighted by molar-refractivity contribution is -0.147. The summed E-state index contributed by atoms with van der Waals surface area (Å²) in [5, 5.41) is 5.94. The first kappa shape index (κ1) is 23.8. The van der Waals surface area contributed by atoms with Crippen molar-refractivity contribution in [1.82, 2.24) is 5.32 Å². The van der Waals surface area contributed by atoms with Gasteiger partial charge in [-0.05, 0) is 55.0 Å². The van der Waals surface area contributed by atoms with E-state index in [-0.39, 0.29) is 12.3 Å². The zero-order chi connectivity index (χ0) is 23.5. The van der Waals surface area contributed by atoms with Crippen molar-refractivity contribution < 1.29 is 23.9 Å². The van der Waals surface area contributed by atoms with E-state index in [9.17, 15) is 14.4 Å². The van der Waals surface area contributed by atoms with Gasteiger partial charge in [0.15, 0.2) is 12.4 Å². The normalized spacial score (nSPS) is 10.2. The van der Waals surface area contributed by atoms with Crippen LogP contribution in [0.2, 0.25) is 5.02 Å². The van der Waals surface area contributed by atoms with E-state index < -0.39 is 18.5 Å². The molecule has 0 saturated heterocycles. The molecule has 3 aromatic carbocycles. The molecule has 0 spiro atoms. The van der Waals surface area contributed by atoms with Crippen molar-refractivity contribution in [3.05, 3.63) is 89.4 Å². The number of amides is 2. The number of nitrogens with one attached hydrogen (secondary N) is 2. The van der Waals surface area contributed by atoms with E-state index in [0.29, 0.717) is 40.7 Å². The zero-order valence-electron chi connectivity index (χ0n) is 17.8. The molecular weight excluding hydrogens is 444 g/mol. The molecule has 0 unspecified atom stereocenters. The number of hydrogen-bond acceptors (Lipinski definition) is 5. The number of benzene rings is 3. The van der Waals surface area contributed by atoms with Gasteiger partial charge in [-0.25, -0.2) is 0 Å². The second-order valence-corrected chi connectivity index (χ2v) is 7.42. The van der Waals surface area contributed by atoms with Crippen LogP contribution in [0.15, 0.2) is 78.9 Å². The maximum absolute atomic E-state index is 12.2. The highest BCUT2D eigenvalue weighted by Gasteiger charge is 2.12. The molecular formula is C25H23ClN2O5. The van der Waals surface area contributed by atoms with Crippen LogP contribution in [0.25, 0.3) is 0 Å². The number of ether oxygens (including phenoxy) is 2. The second-order valence-electron chi connectivity index (χ2n) is 6.99. The Morgan fingerprint density at radius 2 is 1.55 bits per heavy atom. The van der Waals surface area contributed by atoms with Crippen LogP contribution in [-0.2, 0) is 14.3 Å². The summed E-state index contributed by atoms with van der Waals surface area (Å²) in [4.78, 5) is 36.1. The van der Waals surface area contributed by atoms with Gasteiger partial charge in [0.25, 0.3) is 11.8 Å². The maximum Gasteiger partial charge on any atom is 0.306 e. The van der Waals surface area contributed by atoms with E-state index in [1.54, 1.807) is 60.7 Å². The fraction of sp³-hybridized carbons (Fsp3) is 0.160. The molecule has 8 heteroatoms. The fourth-order valence-corrected chi connectivity index (χ4v) is 2.94. The monoisotopic (exact) mass is 466 g/mol. The number of para-hydroxylation sites is 3. The zero-order valence-corrected chi connectivity index (χ0v) is 18.5. The lowest BCUT2D eigenvalue weighted by atomic mass is 10.2. The van der Waals surface area contributed by atoms with E-state index in [1.165, 1.54) is 0 Å². The summed E-state index contributed by atoms with van der Waals surface area (Å²) in [7, 11) is 0. The van der Waals surface area contributed by atoms with Crippen molar-refractivity contribution in [2.45, 2.75) is 12.8 Å². The Balaban J connectivity index is 1.37. The number of hydrogen-bond donors (Lipinski definition) is 2. The molecule has 0 heterocycles. The summed E-state index contributed by atoms with van der Waals surface area (Å²) < 4.78 is 10.8. The van der Waals surface area contributed by atoms with Gasteiger partial charge < -0.3 is 20.1 Å². The quantitative estimate of drug-likeness (QED) is 0.330. The fourth-order valence-electron chi connectivity index (χ4n) is 2.82. The van der Waals surface area contributed by atoms with Gasteiger partial charge >= 0.3 is 5.97 Å². The Morgan fingerprint density at radius 1 is 0.848 bits per heavy atom. The predicted molar refractivity (Wildman–Crippen MR) is 126 cm³/mol. The van der Waals surface area contributed by atoms with E-state index >= 15 is 0 Å². The largest absolute Gasteiger partial charge is 0.456 e. The van der Waals surface area contributed by atoms with Crippen LogP contribution in [0.5, 0.6) is 11.5 Å². The molecule has 0 fully saturated rings. The van der Waals surface area contributed by atoms with Crippen LogP contribution in [0.4, 0.5) is 5.69 Å². The van der Waals surface area contributed by atoms with E-state index in [4.69, 9.17) is 21.1 Å². The summed E-state index contributed by atoms with van der Waals surface area (Å²) >= 11 is 5.80. The number of esters is 1. The van der Waals surface area contributed by atoms with Crippen LogP contribution >= 0.6 is 11.6 Å². The Hall–Kier alpha value is -3.84. The second kappa shape index (κ2) is 12.3. The summed E-state index contributed by atoms with van der Waals surface area (Å²) in [5.74, 6) is -0.160. The highest BCUT2D eigenvalue weighted by molar-refractivity contribution is 6.30. The lowest BCUT2D eigenvalue weighted by Crippen LogP contribution is -2.25. The summed E-state index contributed by atoms with van der Waals surface area (Å²) in [5.41, 5.74) is 0.947. The van der Waals surface area contributed by atoms with Crippen molar-refractivity contribution in [1.29, 1.82) is 0 Å². The van der Waals surface area contributed by atoms with Crippen LogP contribution in [0.1, 0.15) is 23.2 Å². The van der Waals surface area contributed by atoms with Gasteiger partial charge in [-0.3, -0.25) is 14.4 Å². The average Bonchev–Trinajstić information content (AvgIpc) is 2.83. The van der Waals surface area contributed by atoms with Crippen LogP contribution in [-0.4, -0.2) is 30.9 Å². The van der Waals surface area contributed by atoms with E-state index in [2.05, 4.69) is 10.6 Å². The number of carbonyl (C=O) groups excluding carboxylic acids is 3. The molecule has 0 radical (unpaired) electrons. The standard InChI is InChI=1S/C25H23ClN2O5/c26-19-14-12-18(13-15-19)25(31)27-16-6-11-24(30)32-17-23(29)28-21-9-4-5-10-22(21)33-20-7-2-1-3-8-20/h1-5,7-10,12-15H,6,11,16-17H2,(H,27,31)(H,28,29). The Labute approximate surface area is 196 Å². The molecule has 3 rings (SSSR count). The van der Waals surface area contributed by atoms with Crippen LogP contribution in [0.3, 0.4) is 0 Å². The van der Waals surface area contributed by atoms with Crippen LogP contribution < -0.4 is 15.4 Å². The third-order valence-corrected chi connectivity index (χ3v) is 4.70. The van der Waals surface area contributed by atoms with E-state index in [0.717, 1.165) is 0 Å².